The van der Waals surface area contributed by atoms with Gasteiger partial charge in [0.15, 0.2) is 4.90 Å². The van der Waals surface area contributed by atoms with Crippen molar-refractivity contribution >= 4 is 27.6 Å². The van der Waals surface area contributed by atoms with Crippen molar-refractivity contribution in [2.45, 2.75) is 57.5 Å². The number of ether oxygens (including phenoxy) is 1. The number of piperazine rings is 1. The molecule has 1 aromatic rings. The van der Waals surface area contributed by atoms with Gasteiger partial charge < -0.3 is 9.64 Å². The number of nitrogens with zero attached hydrogens (tertiary/aromatic N) is 3. The molecule has 0 spiro atoms. The molecule has 0 aliphatic carbocycles. The van der Waals surface area contributed by atoms with E-state index >= 15 is 0 Å². The molecule has 0 aromatic heterocycles. The van der Waals surface area contributed by atoms with Crippen molar-refractivity contribution in [3.8, 4) is 0 Å². The second-order valence-corrected chi connectivity index (χ2v) is 10.5. The van der Waals surface area contributed by atoms with Gasteiger partial charge in [0.25, 0.3) is 15.7 Å². The van der Waals surface area contributed by atoms with Crippen LogP contribution in [0.2, 0.25) is 0 Å². The molecule has 2 rings (SSSR count). The number of sulfonamides is 1. The fraction of sp³-hybridized carbons (Fsp3) is 0.619. The fourth-order valence-electron chi connectivity index (χ4n) is 3.93. The molecule has 1 aromatic carbocycles. The van der Waals surface area contributed by atoms with E-state index in [1.54, 1.807) is 0 Å². The zero-order valence-electron chi connectivity index (χ0n) is 19.1. The van der Waals surface area contributed by atoms with Gasteiger partial charge in [0, 0.05) is 19.2 Å². The molecule has 1 aliphatic heterocycles. The maximum absolute atomic E-state index is 13.5. The summed E-state index contributed by atoms with van der Waals surface area (Å²) >= 11 is 0. The van der Waals surface area contributed by atoms with Crippen molar-refractivity contribution in [2.24, 2.45) is 11.8 Å². The molecular weight excluding hydrogens is 438 g/mol. The standard InChI is InChI=1S/C21H31N3O7S/c1-14(2)12-17-20(25)22(18(13-15(3)4)21(26)31-5)10-11-23(17)32(29,30)19-9-7-6-8-16(19)24(27)28/h6-9,14-15,17-18H,10-13H2,1-5H3. The number of hydrogen-bond acceptors (Lipinski definition) is 7. The van der Waals surface area contributed by atoms with Gasteiger partial charge in [-0.05, 0) is 30.7 Å². The smallest absolute Gasteiger partial charge is 0.328 e. The quantitative estimate of drug-likeness (QED) is 0.309. The maximum Gasteiger partial charge on any atom is 0.328 e. The average molecular weight is 470 g/mol. The van der Waals surface area contributed by atoms with Crippen molar-refractivity contribution in [1.29, 1.82) is 0 Å². The number of carbonyl (C=O) groups excluding carboxylic acids is 2. The van der Waals surface area contributed by atoms with E-state index < -0.39 is 49.5 Å². The predicted molar refractivity (Wildman–Crippen MR) is 117 cm³/mol. The van der Waals surface area contributed by atoms with Crippen LogP contribution in [0.3, 0.4) is 0 Å². The van der Waals surface area contributed by atoms with Crippen LogP contribution in [0.5, 0.6) is 0 Å². The Hall–Kier alpha value is -2.53. The van der Waals surface area contributed by atoms with Crippen LogP contribution in [0.4, 0.5) is 5.69 Å². The molecule has 10 nitrogen and oxygen atoms in total. The molecule has 1 saturated heterocycles. The summed E-state index contributed by atoms with van der Waals surface area (Å²) in [7, 11) is -3.08. The molecule has 11 heteroatoms. The Labute approximate surface area is 188 Å². The summed E-state index contributed by atoms with van der Waals surface area (Å²) in [4.78, 5) is 37.5. The van der Waals surface area contributed by atoms with E-state index in [0.29, 0.717) is 6.42 Å². The van der Waals surface area contributed by atoms with E-state index in [0.717, 1.165) is 10.4 Å². The second kappa shape index (κ2) is 10.4. The molecular formula is C21H31N3O7S. The van der Waals surface area contributed by atoms with Crippen molar-refractivity contribution in [3.63, 3.8) is 0 Å². The number of nitro groups is 1. The molecule has 1 fully saturated rings. The first-order chi connectivity index (χ1) is 14.9. The lowest BCUT2D eigenvalue weighted by Crippen LogP contribution is -2.62. The minimum atomic E-state index is -4.34. The predicted octanol–water partition coefficient (Wildman–Crippen LogP) is 2.43. The highest BCUT2D eigenvalue weighted by atomic mass is 32.2. The van der Waals surface area contributed by atoms with E-state index in [-0.39, 0.29) is 31.3 Å². The van der Waals surface area contributed by atoms with Crippen molar-refractivity contribution in [2.75, 3.05) is 20.2 Å². The van der Waals surface area contributed by atoms with Crippen molar-refractivity contribution in [3.05, 3.63) is 34.4 Å². The van der Waals surface area contributed by atoms with Crippen LogP contribution >= 0.6 is 0 Å². The van der Waals surface area contributed by atoms with Crippen LogP contribution in [0.25, 0.3) is 0 Å². The molecule has 2 unspecified atom stereocenters. The lowest BCUT2D eigenvalue weighted by atomic mass is 9.97. The molecule has 0 radical (unpaired) electrons. The first-order valence-electron chi connectivity index (χ1n) is 10.5. The largest absolute Gasteiger partial charge is 0.467 e. The molecule has 2 atom stereocenters. The van der Waals surface area contributed by atoms with Gasteiger partial charge in [0.1, 0.15) is 12.1 Å². The topological polar surface area (TPSA) is 127 Å². The van der Waals surface area contributed by atoms with Gasteiger partial charge in [0.05, 0.1) is 12.0 Å². The molecule has 1 amide bonds. The van der Waals surface area contributed by atoms with Gasteiger partial charge in [-0.15, -0.1) is 0 Å². The number of hydrogen-bond donors (Lipinski definition) is 0. The summed E-state index contributed by atoms with van der Waals surface area (Å²) in [6.45, 7) is 7.45. The Balaban J connectivity index is 2.50. The number of nitro benzene ring substituents is 1. The maximum atomic E-state index is 13.5. The summed E-state index contributed by atoms with van der Waals surface area (Å²) in [6, 6.07) is 3.20. The van der Waals surface area contributed by atoms with Gasteiger partial charge in [-0.25, -0.2) is 13.2 Å². The Kier molecular flexibility index (Phi) is 8.35. The Bertz CT molecular complexity index is 962. The minimum Gasteiger partial charge on any atom is -0.467 e. The summed E-state index contributed by atoms with van der Waals surface area (Å²) in [5.74, 6) is -0.980. The molecule has 32 heavy (non-hydrogen) atoms. The van der Waals surface area contributed by atoms with E-state index in [1.807, 2.05) is 27.7 Å². The second-order valence-electron chi connectivity index (χ2n) is 8.69. The minimum absolute atomic E-state index is 0.0141. The zero-order valence-corrected chi connectivity index (χ0v) is 19.9. The third kappa shape index (κ3) is 5.44. The first-order valence-corrected chi connectivity index (χ1v) is 12.0. The van der Waals surface area contributed by atoms with Gasteiger partial charge in [-0.3, -0.25) is 14.9 Å². The number of methoxy groups -OCH3 is 1. The van der Waals surface area contributed by atoms with E-state index in [1.165, 1.54) is 30.2 Å². The highest BCUT2D eigenvalue weighted by Gasteiger charge is 2.46. The van der Waals surface area contributed by atoms with Crippen LogP contribution < -0.4 is 0 Å². The van der Waals surface area contributed by atoms with Crippen molar-refractivity contribution < 1.29 is 27.7 Å². The normalized spacial score (nSPS) is 18.8. The van der Waals surface area contributed by atoms with Gasteiger partial charge >= 0.3 is 5.97 Å². The molecule has 0 N–H and O–H groups in total. The molecule has 178 valence electrons. The number of rotatable bonds is 9. The van der Waals surface area contributed by atoms with Crippen LogP contribution in [0.15, 0.2) is 29.2 Å². The molecule has 1 heterocycles. The monoisotopic (exact) mass is 469 g/mol. The fourth-order valence-corrected chi connectivity index (χ4v) is 5.68. The van der Waals surface area contributed by atoms with E-state index in [9.17, 15) is 28.1 Å². The Morgan fingerprint density at radius 3 is 2.34 bits per heavy atom. The first kappa shape index (κ1) is 25.7. The zero-order chi connectivity index (χ0) is 24.2. The summed E-state index contributed by atoms with van der Waals surface area (Å²) < 4.78 is 32.8. The van der Waals surface area contributed by atoms with Crippen LogP contribution in [-0.4, -0.2) is 66.7 Å². The van der Waals surface area contributed by atoms with E-state index in [2.05, 4.69) is 0 Å². The molecule has 1 aliphatic rings. The highest BCUT2D eigenvalue weighted by Crippen LogP contribution is 2.32. The van der Waals surface area contributed by atoms with E-state index in [4.69, 9.17) is 4.74 Å². The summed E-state index contributed by atoms with van der Waals surface area (Å²) in [5, 5.41) is 11.4. The number of carbonyl (C=O) groups is 2. The summed E-state index contributed by atoms with van der Waals surface area (Å²) in [6.07, 6.45) is 0.592. The average Bonchev–Trinajstić information content (AvgIpc) is 2.72. The van der Waals surface area contributed by atoms with Crippen molar-refractivity contribution in [1.82, 2.24) is 9.21 Å². The lowest BCUT2D eigenvalue weighted by molar-refractivity contribution is -0.387. The third-order valence-corrected chi connectivity index (χ3v) is 7.32. The summed E-state index contributed by atoms with van der Waals surface area (Å²) in [5.41, 5.74) is -0.544. The highest BCUT2D eigenvalue weighted by molar-refractivity contribution is 7.89. The molecule has 0 saturated carbocycles. The number of amides is 1. The number of benzene rings is 1. The SMILES string of the molecule is COC(=O)C(CC(C)C)N1CCN(S(=O)(=O)c2ccccc2[N+](=O)[O-])C(CC(C)C)C1=O. The van der Waals surface area contributed by atoms with Gasteiger partial charge in [0.2, 0.25) is 5.91 Å². The van der Waals surface area contributed by atoms with Crippen LogP contribution in [0.1, 0.15) is 40.5 Å². The van der Waals surface area contributed by atoms with Crippen LogP contribution in [0, 0.1) is 22.0 Å². The lowest BCUT2D eigenvalue weighted by Gasteiger charge is -2.43. The third-order valence-electron chi connectivity index (χ3n) is 5.36. The van der Waals surface area contributed by atoms with Gasteiger partial charge in [-0.1, -0.05) is 39.8 Å². The number of esters is 1. The van der Waals surface area contributed by atoms with Gasteiger partial charge in [-0.2, -0.15) is 4.31 Å². The van der Waals surface area contributed by atoms with Crippen LogP contribution in [-0.2, 0) is 24.3 Å². The Morgan fingerprint density at radius 2 is 1.81 bits per heavy atom. The number of para-hydroxylation sites is 1. The molecule has 0 bridgehead atoms. The Morgan fingerprint density at radius 1 is 1.19 bits per heavy atom.